The van der Waals surface area contributed by atoms with Crippen LogP contribution < -0.4 is 4.74 Å². The first-order valence-electron chi connectivity index (χ1n) is 12.5. The molecule has 0 fully saturated rings. The lowest BCUT2D eigenvalue weighted by atomic mass is 9.87. The molecule has 2 aliphatic heterocycles. The van der Waals surface area contributed by atoms with E-state index in [9.17, 15) is 18.0 Å². The Balaban J connectivity index is 1.48. The molecule has 3 aromatic heterocycles. The highest BCUT2D eigenvalue weighted by Crippen LogP contribution is 2.42. The highest BCUT2D eigenvalue weighted by atomic mass is 35.5. The summed E-state index contributed by atoms with van der Waals surface area (Å²) in [5, 5.41) is 4.15. The predicted octanol–water partition coefficient (Wildman–Crippen LogP) is 5.31. The van der Waals surface area contributed by atoms with Crippen LogP contribution in [0.1, 0.15) is 51.6 Å². The molecule has 0 saturated heterocycles. The summed E-state index contributed by atoms with van der Waals surface area (Å²) in [7, 11) is 1.46. The number of hydrogen-bond donors (Lipinski definition) is 0. The van der Waals surface area contributed by atoms with Crippen LogP contribution in [-0.4, -0.2) is 48.3 Å². The van der Waals surface area contributed by atoms with Crippen molar-refractivity contribution in [2.24, 2.45) is 7.05 Å². The number of imidazole rings is 1. The number of aryl methyl sites for hydroxylation is 1. The average molecular weight is 557 g/mol. The lowest BCUT2D eigenvalue weighted by Crippen LogP contribution is -2.40. The highest BCUT2D eigenvalue weighted by Gasteiger charge is 2.40. The van der Waals surface area contributed by atoms with E-state index in [1.54, 1.807) is 46.4 Å². The lowest BCUT2D eigenvalue weighted by Gasteiger charge is -2.36. The summed E-state index contributed by atoms with van der Waals surface area (Å²) in [6.45, 7) is 1.14. The molecule has 202 valence electrons. The van der Waals surface area contributed by atoms with Gasteiger partial charge in [-0.1, -0.05) is 11.6 Å². The van der Waals surface area contributed by atoms with Crippen molar-refractivity contribution in [3.63, 3.8) is 0 Å². The zero-order valence-electron chi connectivity index (χ0n) is 21.0. The standard InChI is InChI=1S/C27H24ClF3N6O2/c1-35-14-22(24(34-35)27(29,30)31)19-9-16(13-36-7-5-32-15-36)10-20-18(19)4-6-37(26(20)38)23-3-2-8-39-25-21(23)11-17(28)12-33-25/h5,7,9-12,14-15,23H,2-4,6,8,13H2,1H3/t23-/m0/s1. The minimum atomic E-state index is -4.65. The Morgan fingerprint density at radius 1 is 1.18 bits per heavy atom. The molecule has 12 heteroatoms. The van der Waals surface area contributed by atoms with Crippen molar-refractivity contribution in [2.75, 3.05) is 13.2 Å². The number of amides is 1. The summed E-state index contributed by atoms with van der Waals surface area (Å²) in [6, 6.07) is 4.96. The number of rotatable bonds is 4. The number of benzene rings is 1. The molecular formula is C27H24ClF3N6O2. The van der Waals surface area contributed by atoms with Gasteiger partial charge in [0.05, 0.1) is 24.0 Å². The van der Waals surface area contributed by atoms with Gasteiger partial charge in [0.2, 0.25) is 5.88 Å². The van der Waals surface area contributed by atoms with Crippen LogP contribution in [0.4, 0.5) is 13.2 Å². The summed E-state index contributed by atoms with van der Waals surface area (Å²) < 4.78 is 50.7. The fourth-order valence-electron chi connectivity index (χ4n) is 5.52. The maximum absolute atomic E-state index is 14.1. The van der Waals surface area contributed by atoms with Crippen molar-refractivity contribution >= 4 is 17.5 Å². The third-order valence-electron chi connectivity index (χ3n) is 7.16. The molecule has 1 amide bonds. The van der Waals surface area contributed by atoms with Gasteiger partial charge in [0.15, 0.2) is 5.69 Å². The highest BCUT2D eigenvalue weighted by molar-refractivity contribution is 6.30. The normalized spacial score (nSPS) is 17.4. The van der Waals surface area contributed by atoms with Gasteiger partial charge in [0.25, 0.3) is 5.91 Å². The number of pyridine rings is 1. The number of aromatic nitrogens is 5. The van der Waals surface area contributed by atoms with E-state index in [1.165, 1.54) is 19.4 Å². The minimum Gasteiger partial charge on any atom is -0.477 e. The number of ether oxygens (including phenoxy) is 1. The van der Waals surface area contributed by atoms with Crippen molar-refractivity contribution in [1.29, 1.82) is 0 Å². The first-order chi connectivity index (χ1) is 18.7. The van der Waals surface area contributed by atoms with Crippen molar-refractivity contribution < 1.29 is 22.7 Å². The van der Waals surface area contributed by atoms with Gasteiger partial charge in [-0.3, -0.25) is 9.48 Å². The summed E-state index contributed by atoms with van der Waals surface area (Å²) >= 11 is 6.25. The van der Waals surface area contributed by atoms with Crippen molar-refractivity contribution in [3.8, 4) is 17.0 Å². The van der Waals surface area contributed by atoms with E-state index in [0.29, 0.717) is 72.1 Å². The molecule has 0 radical (unpaired) electrons. The Morgan fingerprint density at radius 3 is 2.77 bits per heavy atom. The van der Waals surface area contributed by atoms with Crippen LogP contribution in [0.25, 0.3) is 11.1 Å². The SMILES string of the molecule is Cn1cc(-c2cc(Cn3ccnc3)cc3c2CCN([C@H]2CCCOc4ncc(Cl)cc42)C3=O)c(C(F)(F)F)n1. The van der Waals surface area contributed by atoms with Gasteiger partial charge in [0.1, 0.15) is 0 Å². The first-order valence-corrected chi connectivity index (χ1v) is 12.9. The van der Waals surface area contributed by atoms with Crippen LogP contribution >= 0.6 is 11.6 Å². The van der Waals surface area contributed by atoms with Gasteiger partial charge in [-0.05, 0) is 54.2 Å². The molecular weight excluding hydrogens is 533 g/mol. The lowest BCUT2D eigenvalue weighted by molar-refractivity contribution is -0.140. The van der Waals surface area contributed by atoms with Crippen molar-refractivity contribution in [3.05, 3.63) is 82.3 Å². The molecule has 0 N–H and O–H groups in total. The van der Waals surface area contributed by atoms with Crippen LogP contribution in [0, 0.1) is 0 Å². The molecule has 5 heterocycles. The zero-order valence-corrected chi connectivity index (χ0v) is 21.7. The van der Waals surface area contributed by atoms with Crippen LogP contribution in [0.5, 0.6) is 5.88 Å². The van der Waals surface area contributed by atoms with Crippen LogP contribution in [0.2, 0.25) is 5.02 Å². The van der Waals surface area contributed by atoms with Gasteiger partial charge in [0, 0.05) is 61.6 Å². The third-order valence-corrected chi connectivity index (χ3v) is 7.36. The number of nitrogens with zero attached hydrogens (tertiary/aromatic N) is 6. The number of carbonyl (C=O) groups is 1. The van der Waals surface area contributed by atoms with E-state index in [-0.39, 0.29) is 17.5 Å². The molecule has 2 aliphatic rings. The molecule has 6 rings (SSSR count). The summed E-state index contributed by atoms with van der Waals surface area (Å²) in [5.74, 6) is 0.195. The number of halogens is 4. The second kappa shape index (κ2) is 9.71. The van der Waals surface area contributed by atoms with Crippen LogP contribution in [0.15, 0.2) is 49.3 Å². The van der Waals surface area contributed by atoms with Gasteiger partial charge < -0.3 is 14.2 Å². The minimum absolute atomic E-state index is 0.0424. The van der Waals surface area contributed by atoms with E-state index in [1.807, 2.05) is 0 Å². The van der Waals surface area contributed by atoms with Gasteiger partial charge in [-0.25, -0.2) is 9.97 Å². The Morgan fingerprint density at radius 2 is 2.00 bits per heavy atom. The van der Waals surface area contributed by atoms with E-state index in [4.69, 9.17) is 16.3 Å². The van der Waals surface area contributed by atoms with E-state index in [0.717, 1.165) is 10.2 Å². The third kappa shape index (κ3) is 4.75. The fraction of sp³-hybridized carbons (Fsp3) is 0.333. The average Bonchev–Trinajstić information content (AvgIpc) is 3.50. The van der Waals surface area contributed by atoms with Crippen LogP contribution in [-0.2, 0) is 26.2 Å². The zero-order chi connectivity index (χ0) is 27.3. The second-order valence-electron chi connectivity index (χ2n) is 9.77. The molecule has 8 nitrogen and oxygen atoms in total. The molecule has 0 bridgehead atoms. The van der Waals surface area contributed by atoms with Crippen molar-refractivity contribution in [1.82, 2.24) is 29.2 Å². The number of fused-ring (bicyclic) bond motifs is 2. The molecule has 0 unspecified atom stereocenters. The maximum atomic E-state index is 14.1. The fourth-order valence-corrected chi connectivity index (χ4v) is 5.69. The maximum Gasteiger partial charge on any atom is 0.435 e. The molecule has 1 aromatic carbocycles. The number of hydrogen-bond acceptors (Lipinski definition) is 5. The van der Waals surface area contributed by atoms with Gasteiger partial charge >= 0.3 is 6.18 Å². The molecule has 39 heavy (non-hydrogen) atoms. The Bertz CT molecular complexity index is 1550. The van der Waals surface area contributed by atoms with Gasteiger partial charge in [-0.15, -0.1) is 0 Å². The largest absolute Gasteiger partial charge is 0.477 e. The smallest absolute Gasteiger partial charge is 0.435 e. The number of alkyl halides is 3. The monoisotopic (exact) mass is 556 g/mol. The summed E-state index contributed by atoms with van der Waals surface area (Å²) in [5.41, 5.74) is 1.73. The Kier molecular flexibility index (Phi) is 6.33. The molecule has 0 aliphatic carbocycles. The molecule has 4 aromatic rings. The molecule has 0 spiro atoms. The van der Waals surface area contributed by atoms with E-state index in [2.05, 4.69) is 15.1 Å². The summed E-state index contributed by atoms with van der Waals surface area (Å²) in [4.78, 5) is 24.3. The Hall–Kier alpha value is -3.86. The second-order valence-corrected chi connectivity index (χ2v) is 10.2. The Labute approximate surface area is 227 Å². The predicted molar refractivity (Wildman–Crippen MR) is 136 cm³/mol. The van der Waals surface area contributed by atoms with Gasteiger partial charge in [-0.2, -0.15) is 18.3 Å². The number of carbonyl (C=O) groups excluding carboxylic acids is 1. The van der Waals surface area contributed by atoms with Crippen LogP contribution in [0.3, 0.4) is 0 Å². The first kappa shape index (κ1) is 25.4. The molecule has 0 saturated carbocycles. The molecule has 1 atom stereocenters. The van der Waals surface area contributed by atoms with E-state index >= 15 is 0 Å². The topological polar surface area (TPSA) is 78.1 Å². The summed E-state index contributed by atoms with van der Waals surface area (Å²) in [6.07, 6.45) is 4.98. The van der Waals surface area contributed by atoms with E-state index < -0.39 is 11.9 Å². The van der Waals surface area contributed by atoms with Crippen molar-refractivity contribution in [2.45, 2.75) is 38.0 Å². The quantitative estimate of drug-likeness (QED) is 0.340.